The Morgan fingerprint density at radius 3 is 2.77 bits per heavy atom. The third kappa shape index (κ3) is 3.35. The van der Waals surface area contributed by atoms with Gasteiger partial charge in [0.25, 0.3) is 0 Å². The van der Waals surface area contributed by atoms with Gasteiger partial charge in [0.1, 0.15) is 0 Å². The number of carbonyl (C=O) groups excluding carboxylic acids is 1. The third-order valence-corrected chi connectivity index (χ3v) is 1.39. The average Bonchev–Trinajstić information content (AvgIpc) is 2.36. The van der Waals surface area contributed by atoms with E-state index in [1.165, 1.54) is 6.20 Å². The summed E-state index contributed by atoms with van der Waals surface area (Å²) in [5, 5.41) is 12.3. The number of H-pyrrole nitrogens is 1. The van der Waals surface area contributed by atoms with E-state index in [0.29, 0.717) is 0 Å². The normalized spacial score (nSPS) is 11.8. The van der Waals surface area contributed by atoms with Crippen molar-refractivity contribution in [2.45, 2.75) is 12.5 Å². The molecule has 1 rings (SSSR count). The number of rotatable bonds is 3. The van der Waals surface area contributed by atoms with Crippen LogP contribution >= 0.6 is 0 Å². The van der Waals surface area contributed by atoms with Crippen LogP contribution in [0.1, 0.15) is 5.56 Å². The van der Waals surface area contributed by atoms with Gasteiger partial charge < -0.3 is 20.2 Å². The SMILES string of the molecule is N[C@@H](Cc1c[nH]oc1=O)C(=O)[O-].[Na+]. The summed E-state index contributed by atoms with van der Waals surface area (Å²) in [5.74, 6) is -1.39. The van der Waals surface area contributed by atoms with Gasteiger partial charge >= 0.3 is 35.2 Å². The molecule has 1 atom stereocenters. The first kappa shape index (κ1) is 12.4. The van der Waals surface area contributed by atoms with Crippen LogP contribution in [0.3, 0.4) is 0 Å². The van der Waals surface area contributed by atoms with Crippen LogP contribution in [0.15, 0.2) is 15.5 Å². The number of nitrogens with one attached hydrogen (secondary N) is 1. The minimum absolute atomic E-state index is 0. The molecule has 3 N–H and O–H groups in total. The predicted molar refractivity (Wildman–Crippen MR) is 36.0 cm³/mol. The molecule has 1 heterocycles. The summed E-state index contributed by atoms with van der Waals surface area (Å²) >= 11 is 0. The quantitative estimate of drug-likeness (QED) is 0.466. The molecule has 0 saturated carbocycles. The fourth-order valence-electron chi connectivity index (χ4n) is 0.741. The number of carbonyl (C=O) groups is 1. The van der Waals surface area contributed by atoms with E-state index < -0.39 is 17.6 Å². The van der Waals surface area contributed by atoms with Crippen LogP contribution in [0.5, 0.6) is 0 Å². The van der Waals surface area contributed by atoms with E-state index in [9.17, 15) is 14.7 Å². The Labute approximate surface area is 95.4 Å². The number of hydrogen-bond acceptors (Lipinski definition) is 5. The van der Waals surface area contributed by atoms with Crippen LogP contribution in [-0.4, -0.2) is 17.2 Å². The molecule has 7 heteroatoms. The molecule has 66 valence electrons. The van der Waals surface area contributed by atoms with Crippen molar-refractivity contribution in [3.05, 3.63) is 22.2 Å². The van der Waals surface area contributed by atoms with Gasteiger partial charge in [-0.15, -0.1) is 0 Å². The molecule has 0 aliphatic heterocycles. The van der Waals surface area contributed by atoms with Crippen LogP contribution < -0.4 is 46.0 Å². The van der Waals surface area contributed by atoms with E-state index in [1.54, 1.807) is 0 Å². The summed E-state index contributed by atoms with van der Waals surface area (Å²) in [6, 6.07) is -1.18. The van der Waals surface area contributed by atoms with Gasteiger partial charge in [0, 0.05) is 18.7 Å². The first-order valence-electron chi connectivity index (χ1n) is 3.23. The predicted octanol–water partition coefficient (Wildman–Crippen LogP) is -5.41. The van der Waals surface area contributed by atoms with E-state index in [-0.39, 0.29) is 41.5 Å². The standard InChI is InChI=1S/C6H8N2O4.Na/c7-4(5(9)10)1-3-2-8-12-6(3)11;/h2,4,8H,1,7H2,(H,9,10);/q;+1/p-1/t4-;/m0./s1. The van der Waals surface area contributed by atoms with Crippen molar-refractivity contribution in [2.24, 2.45) is 5.73 Å². The molecule has 1 aromatic rings. The molecule has 0 radical (unpaired) electrons. The van der Waals surface area contributed by atoms with Crippen molar-refractivity contribution in [3.8, 4) is 0 Å². The van der Waals surface area contributed by atoms with Gasteiger partial charge in [-0.2, -0.15) is 0 Å². The van der Waals surface area contributed by atoms with Crippen molar-refractivity contribution in [3.63, 3.8) is 0 Å². The smallest absolute Gasteiger partial charge is 0.548 e. The first-order valence-corrected chi connectivity index (χ1v) is 3.23. The average molecular weight is 194 g/mol. The number of aromatic amines is 1. The number of nitrogens with two attached hydrogens (primary N) is 1. The molecule has 0 aromatic carbocycles. The minimum Gasteiger partial charge on any atom is -0.548 e. The maximum atomic E-state index is 10.7. The zero-order valence-electron chi connectivity index (χ0n) is 7.07. The van der Waals surface area contributed by atoms with Gasteiger partial charge in [-0.1, -0.05) is 0 Å². The van der Waals surface area contributed by atoms with Crippen LogP contribution in [0.25, 0.3) is 0 Å². The molecule has 1 aromatic heterocycles. The van der Waals surface area contributed by atoms with Crippen molar-refractivity contribution < 1.29 is 44.0 Å². The zero-order valence-corrected chi connectivity index (χ0v) is 9.07. The molecular weight excluding hydrogens is 187 g/mol. The maximum absolute atomic E-state index is 10.7. The summed E-state index contributed by atoms with van der Waals surface area (Å²) < 4.78 is 4.30. The van der Waals surface area contributed by atoms with E-state index in [2.05, 4.69) is 9.68 Å². The maximum Gasteiger partial charge on any atom is 1.00 e. The van der Waals surface area contributed by atoms with E-state index in [4.69, 9.17) is 5.73 Å². The first-order chi connectivity index (χ1) is 5.61. The fraction of sp³-hybridized carbons (Fsp3) is 0.333. The molecule has 0 aliphatic carbocycles. The summed E-state index contributed by atoms with van der Waals surface area (Å²) in [7, 11) is 0. The van der Waals surface area contributed by atoms with Crippen LogP contribution in [0.2, 0.25) is 0 Å². The second-order valence-corrected chi connectivity index (χ2v) is 2.31. The number of carboxylic acids is 1. The van der Waals surface area contributed by atoms with E-state index >= 15 is 0 Å². The molecular formula is C6H7N2NaO4. The van der Waals surface area contributed by atoms with Crippen molar-refractivity contribution in [2.75, 3.05) is 0 Å². The monoisotopic (exact) mass is 194 g/mol. The molecule has 0 saturated heterocycles. The number of aromatic nitrogens is 1. The molecule has 0 spiro atoms. The van der Waals surface area contributed by atoms with Gasteiger partial charge in [-0.25, -0.2) is 9.95 Å². The van der Waals surface area contributed by atoms with Crippen molar-refractivity contribution in [1.82, 2.24) is 5.16 Å². The van der Waals surface area contributed by atoms with Gasteiger partial charge in [0.2, 0.25) is 0 Å². The third-order valence-electron chi connectivity index (χ3n) is 1.39. The van der Waals surface area contributed by atoms with Crippen LogP contribution in [0, 0.1) is 0 Å². The number of aliphatic carboxylic acids is 1. The summed E-state index contributed by atoms with van der Waals surface area (Å²) in [6.07, 6.45) is 1.18. The zero-order chi connectivity index (χ0) is 9.14. The summed E-state index contributed by atoms with van der Waals surface area (Å²) in [6.45, 7) is 0. The molecule has 0 unspecified atom stereocenters. The van der Waals surface area contributed by atoms with Crippen molar-refractivity contribution in [1.29, 1.82) is 0 Å². The van der Waals surface area contributed by atoms with Gasteiger partial charge in [-0.05, 0) is 0 Å². The van der Waals surface area contributed by atoms with E-state index in [0.717, 1.165) is 0 Å². The Hall–Kier alpha value is -0.560. The summed E-state index contributed by atoms with van der Waals surface area (Å²) in [4.78, 5) is 20.9. The van der Waals surface area contributed by atoms with Crippen LogP contribution in [0.4, 0.5) is 0 Å². The van der Waals surface area contributed by atoms with Gasteiger partial charge in [-0.3, -0.25) is 0 Å². The van der Waals surface area contributed by atoms with Gasteiger partial charge in [0.05, 0.1) is 11.5 Å². The molecule has 13 heavy (non-hydrogen) atoms. The molecule has 0 aliphatic rings. The Morgan fingerprint density at radius 2 is 2.38 bits per heavy atom. The Bertz CT molecular complexity index is 331. The fourth-order valence-corrected chi connectivity index (χ4v) is 0.741. The molecule has 0 amide bonds. The number of carboxylic acid groups (broad SMARTS) is 1. The second kappa shape index (κ2) is 5.23. The molecule has 0 fully saturated rings. The number of hydrogen-bond donors (Lipinski definition) is 2. The molecule has 0 bridgehead atoms. The minimum atomic E-state index is -1.39. The topological polar surface area (TPSA) is 112 Å². The van der Waals surface area contributed by atoms with Gasteiger partial charge in [0.15, 0.2) is 0 Å². The summed E-state index contributed by atoms with van der Waals surface area (Å²) in [5.41, 5.74) is 4.72. The second-order valence-electron chi connectivity index (χ2n) is 2.31. The van der Waals surface area contributed by atoms with Crippen molar-refractivity contribution >= 4 is 5.97 Å². The van der Waals surface area contributed by atoms with E-state index in [1.807, 2.05) is 0 Å². The Kier molecular flexibility index (Phi) is 5.01. The Balaban J connectivity index is 0.00000144. The Morgan fingerprint density at radius 1 is 1.77 bits per heavy atom. The largest absolute Gasteiger partial charge is 1.00 e. The van der Waals surface area contributed by atoms with Crippen LogP contribution in [-0.2, 0) is 11.2 Å². The molecule has 6 nitrogen and oxygen atoms in total.